The zero-order valence-electron chi connectivity index (χ0n) is 71.2. The first kappa shape index (κ1) is 85.6. The van der Waals surface area contributed by atoms with Crippen LogP contribution >= 0.6 is 0 Å². The third kappa shape index (κ3) is 24.3. The van der Waals surface area contributed by atoms with E-state index in [1.165, 1.54) is 154 Å². The fourth-order valence-corrected chi connectivity index (χ4v) is 13.9. The lowest BCUT2D eigenvalue weighted by atomic mass is 10.0. The van der Waals surface area contributed by atoms with E-state index in [2.05, 4.69) is 415 Å². The molecule has 0 saturated carbocycles. The molecule has 0 spiro atoms. The monoisotopic (exact) mass is 1470 g/mol. The number of aryl methyl sites for hydroxylation is 7. The van der Waals surface area contributed by atoms with Crippen molar-refractivity contribution in [2.45, 2.75) is 145 Å². The van der Waals surface area contributed by atoms with E-state index in [1.807, 2.05) is 0 Å². The highest BCUT2D eigenvalue weighted by Gasteiger charge is 2.16. The first-order valence-electron chi connectivity index (χ1n) is 39.4. The Hall–Kier alpha value is -8.96. The Labute approximate surface area is 654 Å². The molecular formula is C95H134N14. The van der Waals surface area contributed by atoms with Crippen LogP contribution < -0.4 is 0 Å². The van der Waals surface area contributed by atoms with Crippen LogP contribution in [0.2, 0.25) is 0 Å². The Morgan fingerprint density at radius 3 is 1.18 bits per heavy atom. The summed E-state index contributed by atoms with van der Waals surface area (Å²) in [6.07, 6.45) is 20.6. The van der Waals surface area contributed by atoms with Gasteiger partial charge < -0.3 is 69.2 Å². The van der Waals surface area contributed by atoms with Gasteiger partial charge in [0.15, 0.2) is 0 Å². The zero-order valence-corrected chi connectivity index (χ0v) is 71.2. The molecular weight excluding hydrogens is 1340 g/mol. The lowest BCUT2D eigenvalue weighted by Crippen LogP contribution is -2.26. The molecule has 14 nitrogen and oxygen atoms in total. The van der Waals surface area contributed by atoms with Crippen LogP contribution in [-0.4, -0.2) is 212 Å². The number of aromatic amines is 7. The van der Waals surface area contributed by atoms with Gasteiger partial charge in [0.1, 0.15) is 0 Å². The standard InChI is InChI=1S/4C14H20N2.3C13H18N2/c1-10-5-6-14-13(7-10)12(9-15-14)8-11(2)16(3)4;1-10-5-6-13-12(8-11(2)16(3)4)9-15-14(13)7-10;1-10-6-5-7-13-14(10)12(9-15-13)8-11(2)16(3)4;1-10-6-5-7-13-12(9-15-14(10)13)8-11(2)16(3)4;1-10-4-5-13-12(8-10)11(9-14-13)6-7-15(2)3;1-10-5-4-6-12-13(10)11(9-14-12)7-8-15(2)3;1-10-11(8-9-15(2)3)12-6-4-5-7-13(12)14-10/h4*5-7,9,11,15H,8H2,1-4H3;4-5,8-9,14H,6-7H2,1-3H3;4-6,9,14H,7-8H2,1-3H3;4-7,14H,8-9H2,1-3H3/t4*11-;;;/m1111.../s1. The quantitative estimate of drug-likeness (QED) is 0.0381. The Bertz CT molecular complexity index is 5050. The van der Waals surface area contributed by atoms with Crippen molar-refractivity contribution in [3.8, 4) is 0 Å². The molecule has 7 aromatic carbocycles. The van der Waals surface area contributed by atoms with Gasteiger partial charge in [0.05, 0.1) is 0 Å². The number of fused-ring (bicyclic) bond motifs is 7. The second-order valence-electron chi connectivity index (χ2n) is 32.5. The van der Waals surface area contributed by atoms with Crippen LogP contribution in [0.1, 0.15) is 106 Å². The van der Waals surface area contributed by atoms with Gasteiger partial charge in [-0.2, -0.15) is 0 Å². The van der Waals surface area contributed by atoms with Crippen LogP contribution in [0.15, 0.2) is 171 Å². The molecule has 7 aromatic heterocycles. The van der Waals surface area contributed by atoms with Gasteiger partial charge >= 0.3 is 0 Å². The van der Waals surface area contributed by atoms with Crippen molar-refractivity contribution in [1.29, 1.82) is 0 Å². The molecule has 109 heavy (non-hydrogen) atoms. The van der Waals surface area contributed by atoms with Gasteiger partial charge in [-0.05, 0) is 330 Å². The summed E-state index contributed by atoms with van der Waals surface area (Å²) in [6, 6.07) is 49.9. The maximum atomic E-state index is 3.43. The number of H-pyrrole nitrogens is 7. The smallest absolute Gasteiger partial charge is 0.0486 e. The van der Waals surface area contributed by atoms with Crippen LogP contribution in [0.5, 0.6) is 0 Å². The number of para-hydroxylation sites is 2. The summed E-state index contributed by atoms with van der Waals surface area (Å²) in [5, 5.41) is 9.64. The largest absolute Gasteiger partial charge is 0.361 e. The van der Waals surface area contributed by atoms with Crippen LogP contribution in [0.3, 0.4) is 0 Å². The molecule has 14 aromatic rings. The summed E-state index contributed by atoms with van der Waals surface area (Å²) in [4.78, 5) is 39.2. The second kappa shape index (κ2) is 40.6. The number of nitrogens with one attached hydrogen (secondary N) is 7. The number of rotatable bonds is 21. The molecule has 584 valence electrons. The van der Waals surface area contributed by atoms with Crippen LogP contribution in [0, 0.1) is 48.5 Å². The minimum Gasteiger partial charge on any atom is -0.361 e. The molecule has 0 unspecified atom stereocenters. The number of likely N-dealkylation sites (N-methyl/N-ethyl adjacent to an activating group) is 7. The van der Waals surface area contributed by atoms with Gasteiger partial charge in [-0.1, -0.05) is 96.1 Å². The molecule has 0 radical (unpaired) electrons. The molecule has 14 heteroatoms. The van der Waals surface area contributed by atoms with Crippen LogP contribution in [0.4, 0.5) is 0 Å². The van der Waals surface area contributed by atoms with Crippen molar-refractivity contribution in [3.63, 3.8) is 0 Å². The summed E-state index contributed by atoms with van der Waals surface area (Å²) in [6.45, 7) is 27.4. The average Bonchev–Trinajstić information content (AvgIpc) is 1.74. The van der Waals surface area contributed by atoms with E-state index < -0.39 is 0 Å². The minimum atomic E-state index is 0.568. The molecule has 0 bridgehead atoms. The summed E-state index contributed by atoms with van der Waals surface area (Å²) in [7, 11) is 29.7. The molecule has 7 N–H and O–H groups in total. The average molecular weight is 1470 g/mol. The fraction of sp³-hybridized carbons (Fsp3) is 0.411. The Morgan fingerprint density at radius 2 is 0.651 bits per heavy atom. The number of hydrogen-bond donors (Lipinski definition) is 7. The molecule has 0 aliphatic carbocycles. The lowest BCUT2D eigenvalue weighted by molar-refractivity contribution is 0.313. The zero-order chi connectivity index (χ0) is 79.3. The van der Waals surface area contributed by atoms with Gasteiger partial charge in [0.2, 0.25) is 0 Å². The van der Waals surface area contributed by atoms with E-state index in [-0.39, 0.29) is 0 Å². The number of benzene rings is 7. The third-order valence-electron chi connectivity index (χ3n) is 21.9. The summed E-state index contributed by atoms with van der Waals surface area (Å²) in [5.74, 6) is 0. The van der Waals surface area contributed by atoms with Crippen molar-refractivity contribution < 1.29 is 0 Å². The van der Waals surface area contributed by atoms with Gasteiger partial charge in [0, 0.05) is 163 Å². The summed E-state index contributed by atoms with van der Waals surface area (Å²) in [5.41, 5.74) is 28.1. The first-order valence-corrected chi connectivity index (χ1v) is 39.4. The topological polar surface area (TPSA) is 133 Å². The van der Waals surface area contributed by atoms with Crippen molar-refractivity contribution in [2.75, 3.05) is 118 Å². The normalized spacial score (nSPS) is 12.7. The van der Waals surface area contributed by atoms with Gasteiger partial charge in [0.25, 0.3) is 0 Å². The van der Waals surface area contributed by atoms with E-state index in [1.54, 1.807) is 0 Å². The first-order chi connectivity index (χ1) is 51.9. The van der Waals surface area contributed by atoms with Crippen molar-refractivity contribution in [1.82, 2.24) is 69.2 Å². The predicted molar refractivity (Wildman–Crippen MR) is 475 cm³/mol. The molecule has 7 heterocycles. The van der Waals surface area contributed by atoms with Gasteiger partial charge in [-0.25, -0.2) is 0 Å². The molecule has 0 aliphatic rings. The van der Waals surface area contributed by atoms with E-state index in [0.717, 1.165) is 64.6 Å². The lowest BCUT2D eigenvalue weighted by Gasteiger charge is -2.19. The summed E-state index contributed by atoms with van der Waals surface area (Å²) >= 11 is 0. The predicted octanol–water partition coefficient (Wildman–Crippen LogP) is 19.6. The number of hydrogen-bond acceptors (Lipinski definition) is 7. The van der Waals surface area contributed by atoms with E-state index in [9.17, 15) is 0 Å². The highest BCUT2D eigenvalue weighted by Crippen LogP contribution is 2.29. The van der Waals surface area contributed by atoms with Crippen molar-refractivity contribution in [3.05, 3.63) is 249 Å². The minimum absolute atomic E-state index is 0.568. The Balaban J connectivity index is 0.000000160. The second-order valence-corrected chi connectivity index (χ2v) is 32.5. The van der Waals surface area contributed by atoms with Gasteiger partial charge in [-0.15, -0.1) is 0 Å². The van der Waals surface area contributed by atoms with Crippen molar-refractivity contribution >= 4 is 76.3 Å². The van der Waals surface area contributed by atoms with Crippen LogP contribution in [0.25, 0.3) is 76.3 Å². The highest BCUT2D eigenvalue weighted by atomic mass is 15.1. The Morgan fingerprint density at radius 1 is 0.284 bits per heavy atom. The van der Waals surface area contributed by atoms with Crippen molar-refractivity contribution in [2.24, 2.45) is 0 Å². The molecule has 4 atom stereocenters. The van der Waals surface area contributed by atoms with Gasteiger partial charge in [-0.3, -0.25) is 0 Å². The van der Waals surface area contributed by atoms with E-state index >= 15 is 0 Å². The molecule has 0 fully saturated rings. The fourth-order valence-electron chi connectivity index (χ4n) is 13.9. The maximum Gasteiger partial charge on any atom is 0.0486 e. The van der Waals surface area contributed by atoms with E-state index in [4.69, 9.17) is 0 Å². The molecule has 14 rings (SSSR count). The summed E-state index contributed by atoms with van der Waals surface area (Å²) < 4.78 is 0. The highest BCUT2D eigenvalue weighted by molar-refractivity contribution is 5.90. The molecule has 0 saturated heterocycles. The number of nitrogens with zero attached hydrogens (tertiary/aromatic N) is 7. The molecule has 0 aliphatic heterocycles. The van der Waals surface area contributed by atoms with Crippen LogP contribution in [-0.2, 0) is 44.9 Å². The number of aromatic nitrogens is 7. The SMILES string of the molecule is Cc1[nH]c2ccccc2c1CCN(C)C.Cc1ccc2[nH]cc(CCN(C)C)c2c1.Cc1ccc2[nH]cc(C[C@@H](C)N(C)C)c2c1.Cc1ccc2c(C[C@@H](C)N(C)C)c[nH]c2c1.Cc1cccc2[nH]cc(CCN(C)C)c12.Cc1cccc2[nH]cc(C[C@@H](C)N(C)C)c12.Cc1cccc2c(C[C@@H](C)N(C)C)c[nH]c12. The maximum absolute atomic E-state index is 3.43. The van der Waals surface area contributed by atoms with E-state index in [0.29, 0.717) is 24.2 Å². The Kier molecular flexibility index (Phi) is 31.9. The molecule has 0 amide bonds. The third-order valence-corrected chi connectivity index (χ3v) is 21.9.